The van der Waals surface area contributed by atoms with Gasteiger partial charge in [-0.15, -0.1) is 0 Å². The van der Waals surface area contributed by atoms with E-state index in [4.69, 9.17) is 4.52 Å². The molecule has 3 heterocycles. The fourth-order valence-corrected chi connectivity index (χ4v) is 2.43. The number of carbonyl (C=O) groups is 1. The summed E-state index contributed by atoms with van der Waals surface area (Å²) in [6.07, 6.45) is 3.35. The van der Waals surface area contributed by atoms with Gasteiger partial charge in [0.05, 0.1) is 0 Å². The number of H-pyrrole nitrogens is 1. The Kier molecular flexibility index (Phi) is 3.13. The molecule has 0 radical (unpaired) electrons. The van der Waals surface area contributed by atoms with Gasteiger partial charge in [-0.1, -0.05) is 5.16 Å². The van der Waals surface area contributed by atoms with E-state index in [-0.39, 0.29) is 5.78 Å². The Morgan fingerprint density at radius 1 is 1.33 bits per heavy atom. The number of pyridine rings is 1. The Morgan fingerprint density at radius 2 is 2.14 bits per heavy atom. The Bertz CT molecular complexity index is 802. The third-order valence-corrected chi connectivity index (χ3v) is 3.35. The number of Topliss-reactive ketones (excluding diaryl/α,β-unsaturated/α-hetero) is 1. The predicted octanol–water partition coefficient (Wildman–Crippen LogP) is 2.95. The first kappa shape index (κ1) is 13.2. The topological polar surface area (TPSA) is 84.7 Å². The molecule has 1 N–H and O–H groups in total. The van der Waals surface area contributed by atoms with Gasteiger partial charge in [0, 0.05) is 29.2 Å². The lowest BCUT2D eigenvalue weighted by atomic mass is 10.1. The van der Waals surface area contributed by atoms with Crippen molar-refractivity contribution >= 4 is 5.78 Å². The summed E-state index contributed by atoms with van der Waals surface area (Å²) in [5, 5.41) is 3.96. The molecule has 0 unspecified atom stereocenters. The highest BCUT2D eigenvalue weighted by atomic mass is 16.5. The van der Waals surface area contributed by atoms with Crippen molar-refractivity contribution in [2.45, 2.75) is 20.8 Å². The summed E-state index contributed by atoms with van der Waals surface area (Å²) < 4.78 is 5.30. The lowest BCUT2D eigenvalue weighted by molar-refractivity contribution is 0.101. The molecule has 0 aliphatic rings. The van der Waals surface area contributed by atoms with Crippen LogP contribution >= 0.6 is 0 Å². The minimum Gasteiger partial charge on any atom is -0.354 e. The van der Waals surface area contributed by atoms with E-state index in [2.05, 4.69) is 20.1 Å². The van der Waals surface area contributed by atoms with Gasteiger partial charge >= 0.3 is 0 Å². The zero-order chi connectivity index (χ0) is 15.0. The van der Waals surface area contributed by atoms with E-state index in [1.165, 1.54) is 0 Å². The zero-order valence-electron chi connectivity index (χ0n) is 12.0. The maximum absolute atomic E-state index is 11.7. The van der Waals surface area contributed by atoms with Crippen molar-refractivity contribution in [1.82, 2.24) is 20.1 Å². The Morgan fingerprint density at radius 3 is 2.76 bits per heavy atom. The van der Waals surface area contributed by atoms with E-state index in [1.54, 1.807) is 19.3 Å². The van der Waals surface area contributed by atoms with Gasteiger partial charge in [-0.25, -0.2) is 0 Å². The molecule has 0 atom stereocenters. The van der Waals surface area contributed by atoms with E-state index in [0.29, 0.717) is 23.0 Å². The Labute approximate surface area is 121 Å². The maximum atomic E-state index is 11.7. The van der Waals surface area contributed by atoms with E-state index in [1.807, 2.05) is 26.0 Å². The zero-order valence-corrected chi connectivity index (χ0v) is 12.0. The van der Waals surface area contributed by atoms with Crippen LogP contribution in [-0.4, -0.2) is 25.9 Å². The molecule has 21 heavy (non-hydrogen) atoms. The molecule has 0 aromatic carbocycles. The molecule has 0 bridgehead atoms. The van der Waals surface area contributed by atoms with Gasteiger partial charge in [0.25, 0.3) is 5.89 Å². The number of rotatable bonds is 3. The SMILES string of the molecule is CC(=O)c1c(C)[nH]c(-c2nc(-c3cccnc3)no2)c1C. The van der Waals surface area contributed by atoms with Gasteiger partial charge in [0.1, 0.15) is 5.69 Å². The lowest BCUT2D eigenvalue weighted by Gasteiger charge is -1.95. The summed E-state index contributed by atoms with van der Waals surface area (Å²) in [6.45, 7) is 5.26. The number of hydrogen-bond donors (Lipinski definition) is 1. The minimum atomic E-state index is 0.0134. The van der Waals surface area contributed by atoms with Crippen molar-refractivity contribution in [2.24, 2.45) is 0 Å². The summed E-state index contributed by atoms with van der Waals surface area (Å²) in [7, 11) is 0. The quantitative estimate of drug-likeness (QED) is 0.746. The number of nitrogens with zero attached hydrogens (tertiary/aromatic N) is 3. The second-order valence-electron chi connectivity index (χ2n) is 4.85. The number of carbonyl (C=O) groups excluding carboxylic acids is 1. The molecule has 106 valence electrons. The highest BCUT2D eigenvalue weighted by Gasteiger charge is 2.20. The van der Waals surface area contributed by atoms with Gasteiger partial charge in [0.15, 0.2) is 5.78 Å². The number of nitrogens with one attached hydrogen (secondary N) is 1. The fourth-order valence-electron chi connectivity index (χ4n) is 2.43. The average Bonchev–Trinajstić information content (AvgIpc) is 3.04. The molecule has 0 fully saturated rings. The number of ketones is 1. The average molecular weight is 282 g/mol. The summed E-state index contributed by atoms with van der Waals surface area (Å²) in [5.74, 6) is 0.843. The van der Waals surface area contributed by atoms with Crippen LogP contribution in [0.4, 0.5) is 0 Å². The summed E-state index contributed by atoms with van der Waals surface area (Å²) in [4.78, 5) is 23.2. The standard InChI is InChI=1S/C15H14N4O2/c1-8-12(10(3)20)9(2)17-13(8)15-18-14(19-21-15)11-5-4-6-16-7-11/h4-7,17H,1-3H3. The molecular formula is C15H14N4O2. The number of aromatic nitrogens is 4. The van der Waals surface area contributed by atoms with E-state index in [0.717, 1.165) is 16.8 Å². The van der Waals surface area contributed by atoms with E-state index >= 15 is 0 Å². The van der Waals surface area contributed by atoms with Crippen molar-refractivity contribution in [3.8, 4) is 23.0 Å². The van der Waals surface area contributed by atoms with Crippen molar-refractivity contribution in [3.05, 3.63) is 41.3 Å². The Hall–Kier alpha value is -2.76. The molecule has 3 aromatic rings. The van der Waals surface area contributed by atoms with Gasteiger partial charge in [-0.3, -0.25) is 9.78 Å². The van der Waals surface area contributed by atoms with Crippen molar-refractivity contribution in [1.29, 1.82) is 0 Å². The fraction of sp³-hybridized carbons (Fsp3) is 0.200. The van der Waals surface area contributed by atoms with Crippen LogP contribution in [0.1, 0.15) is 28.5 Å². The molecule has 3 aromatic heterocycles. The van der Waals surface area contributed by atoms with Crippen LogP contribution in [0.5, 0.6) is 0 Å². The smallest absolute Gasteiger partial charge is 0.274 e. The molecule has 0 aliphatic carbocycles. The molecule has 6 heteroatoms. The molecule has 0 amide bonds. The van der Waals surface area contributed by atoms with E-state index < -0.39 is 0 Å². The first-order valence-electron chi connectivity index (χ1n) is 6.52. The normalized spacial score (nSPS) is 10.8. The van der Waals surface area contributed by atoms with Crippen LogP contribution in [0.3, 0.4) is 0 Å². The highest BCUT2D eigenvalue weighted by molar-refractivity contribution is 5.98. The summed E-state index contributed by atoms with van der Waals surface area (Å²) >= 11 is 0. The van der Waals surface area contributed by atoms with Crippen molar-refractivity contribution in [3.63, 3.8) is 0 Å². The lowest BCUT2D eigenvalue weighted by Crippen LogP contribution is -1.94. The van der Waals surface area contributed by atoms with Crippen LogP contribution in [0, 0.1) is 13.8 Å². The highest BCUT2D eigenvalue weighted by Crippen LogP contribution is 2.28. The summed E-state index contributed by atoms with van der Waals surface area (Å²) in [5.41, 5.74) is 3.75. The third kappa shape index (κ3) is 2.24. The van der Waals surface area contributed by atoms with Gasteiger partial charge in [-0.05, 0) is 38.5 Å². The first-order chi connectivity index (χ1) is 10.1. The van der Waals surface area contributed by atoms with Crippen molar-refractivity contribution in [2.75, 3.05) is 0 Å². The van der Waals surface area contributed by atoms with Crippen LogP contribution in [0.25, 0.3) is 23.0 Å². The predicted molar refractivity (Wildman–Crippen MR) is 76.8 cm³/mol. The van der Waals surface area contributed by atoms with Crippen molar-refractivity contribution < 1.29 is 9.32 Å². The van der Waals surface area contributed by atoms with Crippen LogP contribution in [0.15, 0.2) is 29.0 Å². The second-order valence-corrected chi connectivity index (χ2v) is 4.85. The van der Waals surface area contributed by atoms with E-state index in [9.17, 15) is 4.79 Å². The Balaban J connectivity index is 2.05. The number of aromatic amines is 1. The second kappa shape index (κ2) is 4.97. The van der Waals surface area contributed by atoms with Gasteiger partial charge < -0.3 is 9.51 Å². The third-order valence-electron chi connectivity index (χ3n) is 3.35. The molecule has 0 saturated heterocycles. The minimum absolute atomic E-state index is 0.0134. The van der Waals surface area contributed by atoms with Crippen LogP contribution < -0.4 is 0 Å². The van der Waals surface area contributed by atoms with Gasteiger partial charge in [-0.2, -0.15) is 4.98 Å². The maximum Gasteiger partial charge on any atom is 0.274 e. The number of hydrogen-bond acceptors (Lipinski definition) is 5. The molecule has 6 nitrogen and oxygen atoms in total. The van der Waals surface area contributed by atoms with Crippen LogP contribution in [-0.2, 0) is 0 Å². The molecule has 0 aliphatic heterocycles. The number of aryl methyl sites for hydroxylation is 1. The van der Waals surface area contributed by atoms with Gasteiger partial charge in [0.2, 0.25) is 5.82 Å². The molecule has 3 rings (SSSR count). The monoisotopic (exact) mass is 282 g/mol. The molecule has 0 saturated carbocycles. The molecular weight excluding hydrogens is 268 g/mol. The largest absolute Gasteiger partial charge is 0.354 e. The first-order valence-corrected chi connectivity index (χ1v) is 6.52. The molecule has 0 spiro atoms. The summed E-state index contributed by atoms with van der Waals surface area (Å²) in [6, 6.07) is 3.67. The van der Waals surface area contributed by atoms with Crippen LogP contribution in [0.2, 0.25) is 0 Å².